The highest BCUT2D eigenvalue weighted by atomic mass is 32.2. The Labute approximate surface area is 155 Å². The molecule has 0 spiro atoms. The number of methoxy groups -OCH3 is 1. The number of fused-ring (bicyclic) bond motifs is 1. The zero-order valence-electron chi connectivity index (χ0n) is 14.6. The van der Waals surface area contributed by atoms with Gasteiger partial charge in [0.25, 0.3) is 15.9 Å². The molecule has 0 radical (unpaired) electrons. The van der Waals surface area contributed by atoms with E-state index in [1.54, 1.807) is 29.9 Å². The molecule has 27 heavy (non-hydrogen) atoms. The van der Waals surface area contributed by atoms with Crippen molar-refractivity contribution in [1.82, 2.24) is 14.8 Å². The Morgan fingerprint density at radius 3 is 2.37 bits per heavy atom. The quantitative estimate of drug-likeness (QED) is 0.511. The molecule has 0 aliphatic carbocycles. The van der Waals surface area contributed by atoms with Crippen LogP contribution in [0.25, 0.3) is 10.9 Å². The number of sulfonamides is 1. The van der Waals surface area contributed by atoms with Gasteiger partial charge in [0.05, 0.1) is 23.1 Å². The minimum Gasteiger partial charge on any atom is -0.465 e. The Hall–Kier alpha value is -3.17. The van der Waals surface area contributed by atoms with E-state index in [0.717, 1.165) is 5.52 Å². The first-order valence-electron chi connectivity index (χ1n) is 7.88. The summed E-state index contributed by atoms with van der Waals surface area (Å²) in [5.74, 6) is -1.15. The number of nitrogens with zero attached hydrogens (tertiary/aromatic N) is 1. The molecule has 2 aromatic carbocycles. The van der Waals surface area contributed by atoms with E-state index in [4.69, 9.17) is 0 Å². The Kier molecular flexibility index (Phi) is 4.98. The zero-order valence-corrected chi connectivity index (χ0v) is 15.4. The number of hydrazine groups is 1. The lowest BCUT2D eigenvalue weighted by Gasteiger charge is -2.08. The number of carbonyl (C=O) groups is 2. The van der Waals surface area contributed by atoms with Gasteiger partial charge in [0.2, 0.25) is 0 Å². The maximum Gasteiger partial charge on any atom is 0.337 e. The molecular formula is C18H17N3O5S. The summed E-state index contributed by atoms with van der Waals surface area (Å²) in [4.78, 5) is 25.8. The van der Waals surface area contributed by atoms with Crippen molar-refractivity contribution in [1.29, 1.82) is 0 Å². The van der Waals surface area contributed by atoms with Gasteiger partial charge in [0.15, 0.2) is 0 Å². The van der Waals surface area contributed by atoms with Crippen molar-refractivity contribution in [2.24, 2.45) is 7.05 Å². The second-order valence-electron chi connectivity index (χ2n) is 5.75. The predicted octanol–water partition coefficient (Wildman–Crippen LogP) is 1.59. The van der Waals surface area contributed by atoms with Crippen LogP contribution in [-0.4, -0.2) is 32.0 Å². The monoisotopic (exact) mass is 387 g/mol. The van der Waals surface area contributed by atoms with E-state index in [9.17, 15) is 18.0 Å². The van der Waals surface area contributed by atoms with Crippen LogP contribution in [0.3, 0.4) is 0 Å². The normalized spacial score (nSPS) is 11.3. The van der Waals surface area contributed by atoms with Crippen molar-refractivity contribution in [3.8, 4) is 0 Å². The fraction of sp³-hybridized carbons (Fsp3) is 0.111. The highest BCUT2D eigenvalue weighted by Crippen LogP contribution is 2.20. The van der Waals surface area contributed by atoms with Gasteiger partial charge in [0.1, 0.15) is 0 Å². The van der Waals surface area contributed by atoms with Crippen molar-refractivity contribution in [2.75, 3.05) is 7.11 Å². The number of carbonyl (C=O) groups excluding carboxylic acids is 2. The van der Waals surface area contributed by atoms with Gasteiger partial charge in [-0.1, -0.05) is 18.2 Å². The van der Waals surface area contributed by atoms with Gasteiger partial charge in [0, 0.05) is 24.1 Å². The molecule has 3 aromatic rings. The smallest absolute Gasteiger partial charge is 0.337 e. The second kappa shape index (κ2) is 7.22. The number of nitrogens with one attached hydrogen (secondary N) is 2. The molecule has 3 rings (SSSR count). The summed E-state index contributed by atoms with van der Waals surface area (Å²) in [6.07, 6.45) is 1.62. The third kappa shape index (κ3) is 3.69. The second-order valence-corrected chi connectivity index (χ2v) is 7.43. The lowest BCUT2D eigenvalue weighted by atomic mass is 10.2. The van der Waals surface area contributed by atoms with E-state index in [0.29, 0.717) is 10.9 Å². The van der Waals surface area contributed by atoms with Crippen molar-refractivity contribution in [3.63, 3.8) is 0 Å². The molecule has 0 unspecified atom stereocenters. The largest absolute Gasteiger partial charge is 0.465 e. The standard InChI is InChI=1S/C18H17N3O5S/c1-21-11-15(14-5-3-4-6-16(14)21)17(22)19-20-27(24,25)13-9-7-12(8-10-13)18(23)26-2/h3-11,20H,1-2H3,(H,19,22). The summed E-state index contributed by atoms with van der Waals surface area (Å²) in [7, 11) is -0.969. The van der Waals surface area contributed by atoms with Crippen molar-refractivity contribution >= 4 is 32.8 Å². The molecule has 0 aliphatic rings. The van der Waals surface area contributed by atoms with Crippen LogP contribution in [0.2, 0.25) is 0 Å². The van der Waals surface area contributed by atoms with Gasteiger partial charge >= 0.3 is 5.97 Å². The van der Waals surface area contributed by atoms with E-state index in [1.165, 1.54) is 31.4 Å². The number of rotatable bonds is 5. The van der Waals surface area contributed by atoms with Crippen LogP contribution in [0.1, 0.15) is 20.7 Å². The van der Waals surface area contributed by atoms with Gasteiger partial charge < -0.3 is 9.30 Å². The van der Waals surface area contributed by atoms with Gasteiger partial charge in [-0.3, -0.25) is 10.2 Å². The summed E-state index contributed by atoms with van der Waals surface area (Å²) >= 11 is 0. The maximum atomic E-state index is 12.4. The van der Waals surface area contributed by atoms with Crippen LogP contribution in [0, 0.1) is 0 Å². The number of amides is 1. The average Bonchev–Trinajstić information content (AvgIpc) is 3.03. The lowest BCUT2D eigenvalue weighted by Crippen LogP contribution is -2.41. The van der Waals surface area contributed by atoms with Crippen molar-refractivity contribution in [3.05, 3.63) is 65.9 Å². The van der Waals surface area contributed by atoms with Gasteiger partial charge in [-0.15, -0.1) is 4.83 Å². The summed E-state index contributed by atoms with van der Waals surface area (Å²) < 4.78 is 31.0. The number of esters is 1. The van der Waals surface area contributed by atoms with E-state index < -0.39 is 21.9 Å². The number of aromatic nitrogens is 1. The third-order valence-electron chi connectivity index (χ3n) is 4.03. The maximum absolute atomic E-state index is 12.4. The van der Waals surface area contributed by atoms with E-state index in [2.05, 4.69) is 15.0 Å². The molecule has 0 atom stereocenters. The average molecular weight is 387 g/mol. The Bertz CT molecular complexity index is 1120. The molecular weight excluding hydrogens is 370 g/mol. The highest BCUT2D eigenvalue weighted by molar-refractivity contribution is 7.89. The Morgan fingerprint density at radius 1 is 1.04 bits per heavy atom. The van der Waals surface area contributed by atoms with Gasteiger partial charge in [-0.25, -0.2) is 13.2 Å². The van der Waals surface area contributed by atoms with Crippen LogP contribution in [0.4, 0.5) is 0 Å². The molecule has 0 aliphatic heterocycles. The van der Waals surface area contributed by atoms with Crippen LogP contribution < -0.4 is 10.3 Å². The minimum atomic E-state index is -4.00. The Balaban J connectivity index is 1.76. The molecule has 1 aromatic heterocycles. The van der Waals surface area contributed by atoms with E-state index in [-0.39, 0.29) is 10.5 Å². The highest BCUT2D eigenvalue weighted by Gasteiger charge is 2.19. The lowest BCUT2D eigenvalue weighted by molar-refractivity contribution is 0.0600. The van der Waals surface area contributed by atoms with Crippen LogP contribution in [-0.2, 0) is 21.8 Å². The van der Waals surface area contributed by atoms with Crippen molar-refractivity contribution < 1.29 is 22.7 Å². The van der Waals surface area contributed by atoms with Gasteiger partial charge in [-0.05, 0) is 30.3 Å². The SMILES string of the molecule is COC(=O)c1ccc(S(=O)(=O)NNC(=O)c2cn(C)c3ccccc23)cc1. The molecule has 0 bridgehead atoms. The Morgan fingerprint density at radius 2 is 1.70 bits per heavy atom. The summed E-state index contributed by atoms with van der Waals surface area (Å²) in [6.45, 7) is 0. The number of para-hydroxylation sites is 1. The molecule has 9 heteroatoms. The fourth-order valence-corrected chi connectivity index (χ4v) is 3.49. The van der Waals surface area contributed by atoms with E-state index in [1.807, 2.05) is 12.1 Å². The summed E-state index contributed by atoms with van der Waals surface area (Å²) in [5.41, 5.74) is 3.62. The molecule has 0 saturated carbocycles. The minimum absolute atomic E-state index is 0.103. The number of benzene rings is 2. The number of ether oxygens (including phenoxy) is 1. The summed E-state index contributed by atoms with van der Waals surface area (Å²) in [6, 6.07) is 12.4. The third-order valence-corrected chi connectivity index (χ3v) is 5.29. The number of hydrogen-bond donors (Lipinski definition) is 2. The number of aryl methyl sites for hydroxylation is 1. The molecule has 140 valence electrons. The van der Waals surface area contributed by atoms with Crippen LogP contribution in [0.5, 0.6) is 0 Å². The first kappa shape index (κ1) is 18.6. The molecule has 2 N–H and O–H groups in total. The topological polar surface area (TPSA) is 106 Å². The van der Waals surface area contributed by atoms with Gasteiger partial charge in [-0.2, -0.15) is 0 Å². The van der Waals surface area contributed by atoms with Crippen LogP contribution >= 0.6 is 0 Å². The zero-order chi connectivity index (χ0) is 19.6. The molecule has 0 fully saturated rings. The molecule has 1 amide bonds. The van der Waals surface area contributed by atoms with E-state index >= 15 is 0 Å². The first-order valence-corrected chi connectivity index (χ1v) is 9.36. The predicted molar refractivity (Wildman–Crippen MR) is 98.5 cm³/mol. The summed E-state index contributed by atoms with van der Waals surface area (Å²) in [5, 5.41) is 0.708. The molecule has 1 heterocycles. The number of hydrogen-bond acceptors (Lipinski definition) is 5. The first-order chi connectivity index (χ1) is 12.8. The van der Waals surface area contributed by atoms with Crippen LogP contribution in [0.15, 0.2) is 59.6 Å². The van der Waals surface area contributed by atoms with Crippen molar-refractivity contribution in [2.45, 2.75) is 4.90 Å². The molecule has 8 nitrogen and oxygen atoms in total. The molecule has 0 saturated heterocycles. The fourth-order valence-electron chi connectivity index (χ4n) is 2.65.